The number of nitrogens with zero attached hydrogens (tertiary/aromatic N) is 2. The van der Waals surface area contributed by atoms with Crippen LogP contribution in [0.1, 0.15) is 12.5 Å². The molecule has 2 N–H and O–H groups in total. The summed E-state index contributed by atoms with van der Waals surface area (Å²) in [6.45, 7) is 1.53. The van der Waals surface area contributed by atoms with E-state index in [1.165, 1.54) is 14.0 Å². The fourth-order valence-electron chi connectivity index (χ4n) is 2.82. The van der Waals surface area contributed by atoms with Gasteiger partial charge in [-0.1, -0.05) is 23.7 Å². The molecule has 0 fully saturated rings. The number of carboxylic acid groups (broad SMARTS) is 1. The van der Waals surface area contributed by atoms with Gasteiger partial charge in [0, 0.05) is 34.8 Å². The second-order valence-corrected chi connectivity index (χ2v) is 6.33. The molecule has 0 saturated heterocycles. The molecule has 0 aliphatic heterocycles. The number of carbonyl (C=O) groups is 1. The van der Waals surface area contributed by atoms with Gasteiger partial charge in [-0.05, 0) is 42.3 Å². The van der Waals surface area contributed by atoms with Crippen LogP contribution < -0.4 is 10.1 Å². The number of hydrogen-bond donors (Lipinski definition) is 2. The van der Waals surface area contributed by atoms with E-state index in [0.29, 0.717) is 27.8 Å². The molecule has 0 saturated carbocycles. The molecule has 3 aromatic rings. The molecule has 0 spiro atoms. The maximum absolute atomic E-state index is 11.3. The highest BCUT2D eigenvalue weighted by molar-refractivity contribution is 6.31. The van der Waals surface area contributed by atoms with Crippen molar-refractivity contribution in [1.29, 1.82) is 0 Å². The summed E-state index contributed by atoms with van der Waals surface area (Å²) in [7, 11) is 3.26. The molecule has 7 heteroatoms. The molecule has 0 radical (unpaired) electrons. The largest absolute Gasteiger partial charge is 0.494 e. The summed E-state index contributed by atoms with van der Waals surface area (Å²) in [5.74, 6) is -0.0794. The van der Waals surface area contributed by atoms with Gasteiger partial charge < -0.3 is 15.2 Å². The number of fused-ring (bicyclic) bond motifs is 1. The zero-order valence-electron chi connectivity index (χ0n) is 15.1. The van der Waals surface area contributed by atoms with Crippen molar-refractivity contribution in [3.8, 4) is 16.9 Å². The number of ether oxygens (including phenoxy) is 1. The average molecular weight is 384 g/mol. The Morgan fingerprint density at radius 3 is 2.74 bits per heavy atom. The van der Waals surface area contributed by atoms with Crippen molar-refractivity contribution in [2.24, 2.45) is 0 Å². The number of carboxylic acids is 1. The topological polar surface area (TPSA) is 84.3 Å². The minimum Gasteiger partial charge on any atom is -0.494 e. The second-order valence-electron chi connectivity index (χ2n) is 5.90. The highest BCUT2D eigenvalue weighted by Gasteiger charge is 2.16. The van der Waals surface area contributed by atoms with Gasteiger partial charge in [-0.25, -0.2) is 14.8 Å². The zero-order chi connectivity index (χ0) is 19.6. The summed E-state index contributed by atoms with van der Waals surface area (Å²) < 4.78 is 5.57. The van der Waals surface area contributed by atoms with Crippen LogP contribution in [0.2, 0.25) is 5.02 Å². The molecule has 0 bridgehead atoms. The van der Waals surface area contributed by atoms with E-state index >= 15 is 0 Å². The minimum absolute atomic E-state index is 0.188. The van der Waals surface area contributed by atoms with Crippen molar-refractivity contribution < 1.29 is 14.6 Å². The summed E-state index contributed by atoms with van der Waals surface area (Å²) in [4.78, 5) is 20.1. The first-order valence-corrected chi connectivity index (χ1v) is 8.55. The van der Waals surface area contributed by atoms with E-state index in [9.17, 15) is 9.90 Å². The van der Waals surface area contributed by atoms with E-state index in [2.05, 4.69) is 15.3 Å². The lowest BCUT2D eigenvalue weighted by Crippen LogP contribution is -2.01. The van der Waals surface area contributed by atoms with Crippen molar-refractivity contribution in [2.45, 2.75) is 6.92 Å². The maximum atomic E-state index is 11.3. The van der Waals surface area contributed by atoms with Gasteiger partial charge in [-0.2, -0.15) is 0 Å². The molecule has 0 aliphatic carbocycles. The third kappa shape index (κ3) is 3.71. The summed E-state index contributed by atoms with van der Waals surface area (Å²) in [5.41, 5.74) is 3.09. The van der Waals surface area contributed by atoms with Crippen LogP contribution >= 0.6 is 11.6 Å². The molecule has 6 nitrogen and oxygen atoms in total. The molecule has 0 unspecified atom stereocenters. The number of benzene rings is 2. The lowest BCUT2D eigenvalue weighted by atomic mass is 9.97. The van der Waals surface area contributed by atoms with Crippen LogP contribution in [0.25, 0.3) is 28.1 Å². The van der Waals surface area contributed by atoms with Gasteiger partial charge in [-0.3, -0.25) is 0 Å². The quantitative estimate of drug-likeness (QED) is 0.631. The Morgan fingerprint density at radius 1 is 1.33 bits per heavy atom. The Kier molecular flexibility index (Phi) is 5.28. The van der Waals surface area contributed by atoms with Gasteiger partial charge in [-0.15, -0.1) is 0 Å². The van der Waals surface area contributed by atoms with E-state index in [-0.39, 0.29) is 5.57 Å². The van der Waals surface area contributed by atoms with Crippen LogP contribution in [0.3, 0.4) is 0 Å². The Labute approximate surface area is 161 Å². The summed E-state index contributed by atoms with van der Waals surface area (Å²) in [5, 5.41) is 13.5. The molecule has 2 aromatic carbocycles. The highest BCUT2D eigenvalue weighted by atomic mass is 35.5. The molecule has 27 heavy (non-hydrogen) atoms. The van der Waals surface area contributed by atoms with E-state index in [1.54, 1.807) is 25.4 Å². The van der Waals surface area contributed by atoms with Crippen molar-refractivity contribution in [2.75, 3.05) is 19.5 Å². The Bertz CT molecular complexity index is 1060. The number of nitrogens with one attached hydrogen (secondary N) is 1. The monoisotopic (exact) mass is 383 g/mol. The summed E-state index contributed by atoms with van der Waals surface area (Å²) in [6.07, 6.45) is 3.28. The molecule has 1 heterocycles. The molecule has 0 atom stereocenters. The second kappa shape index (κ2) is 7.63. The average Bonchev–Trinajstić information content (AvgIpc) is 2.66. The van der Waals surface area contributed by atoms with Crippen LogP contribution in [-0.2, 0) is 4.79 Å². The normalized spacial score (nSPS) is 11.5. The first kappa shape index (κ1) is 18.7. The first-order valence-electron chi connectivity index (χ1n) is 8.17. The van der Waals surface area contributed by atoms with Gasteiger partial charge in [0.25, 0.3) is 0 Å². The molecular formula is C20H18ClN3O3. The van der Waals surface area contributed by atoms with Crippen molar-refractivity contribution in [3.05, 3.63) is 52.7 Å². The zero-order valence-corrected chi connectivity index (χ0v) is 15.8. The third-order valence-corrected chi connectivity index (χ3v) is 4.36. The van der Waals surface area contributed by atoms with Crippen molar-refractivity contribution in [1.82, 2.24) is 9.97 Å². The number of anilines is 1. The summed E-state index contributed by atoms with van der Waals surface area (Å²) >= 11 is 6.16. The maximum Gasteiger partial charge on any atom is 0.331 e. The van der Waals surface area contributed by atoms with Gasteiger partial charge in [0.05, 0.1) is 7.11 Å². The highest BCUT2D eigenvalue weighted by Crippen LogP contribution is 2.38. The summed E-state index contributed by atoms with van der Waals surface area (Å²) in [6, 6.07) is 9.28. The van der Waals surface area contributed by atoms with Crippen LogP contribution in [0.15, 0.2) is 42.1 Å². The number of aliphatic carboxylic acids is 1. The Balaban J connectivity index is 2.41. The molecular weight excluding hydrogens is 366 g/mol. The Hall–Kier alpha value is -3.12. The van der Waals surface area contributed by atoms with E-state index in [1.807, 2.05) is 24.3 Å². The van der Waals surface area contributed by atoms with Gasteiger partial charge in [0.15, 0.2) is 5.75 Å². The standard InChI is InChI=1S/C20H18ClN3O3/c1-11(19(25)26)7-13-9-15(12-5-4-6-14(21)8-12)16-10-23-20(22-2)24-17(16)18(13)27-3/h4-10H,1-3H3,(H,25,26)(H,22,23,24). The van der Waals surface area contributed by atoms with Crippen molar-refractivity contribution >= 4 is 40.5 Å². The van der Waals surface area contributed by atoms with E-state index in [0.717, 1.165) is 16.5 Å². The first-order chi connectivity index (χ1) is 12.9. The van der Waals surface area contributed by atoms with Crippen molar-refractivity contribution in [3.63, 3.8) is 0 Å². The third-order valence-electron chi connectivity index (χ3n) is 4.13. The lowest BCUT2D eigenvalue weighted by Gasteiger charge is -2.14. The molecule has 0 aliphatic rings. The van der Waals surface area contributed by atoms with Crippen LogP contribution in [0, 0.1) is 0 Å². The lowest BCUT2D eigenvalue weighted by molar-refractivity contribution is -0.132. The number of hydrogen-bond acceptors (Lipinski definition) is 5. The predicted molar refractivity (Wildman–Crippen MR) is 107 cm³/mol. The molecule has 0 amide bonds. The fourth-order valence-corrected chi connectivity index (χ4v) is 3.01. The predicted octanol–water partition coefficient (Wildman–Crippen LogP) is 4.49. The number of methoxy groups -OCH3 is 1. The SMILES string of the molecule is CNc1ncc2c(-c3cccc(Cl)c3)cc(C=C(C)C(=O)O)c(OC)c2n1. The van der Waals surface area contributed by atoms with Gasteiger partial charge in [0.2, 0.25) is 5.95 Å². The molecule has 3 rings (SSSR count). The van der Waals surface area contributed by atoms with E-state index < -0.39 is 5.97 Å². The fraction of sp³-hybridized carbons (Fsp3) is 0.150. The van der Waals surface area contributed by atoms with Crippen LogP contribution in [0.5, 0.6) is 5.75 Å². The van der Waals surface area contributed by atoms with Gasteiger partial charge >= 0.3 is 5.97 Å². The van der Waals surface area contributed by atoms with E-state index in [4.69, 9.17) is 16.3 Å². The van der Waals surface area contributed by atoms with Crippen LogP contribution in [0.4, 0.5) is 5.95 Å². The number of aromatic nitrogens is 2. The minimum atomic E-state index is -1.000. The Morgan fingerprint density at radius 2 is 2.11 bits per heavy atom. The van der Waals surface area contributed by atoms with Crippen LogP contribution in [-0.4, -0.2) is 35.2 Å². The number of rotatable bonds is 5. The number of halogens is 1. The molecule has 1 aromatic heterocycles. The molecule has 138 valence electrons. The smallest absolute Gasteiger partial charge is 0.331 e. The van der Waals surface area contributed by atoms with Gasteiger partial charge in [0.1, 0.15) is 5.52 Å².